The van der Waals surface area contributed by atoms with E-state index < -0.39 is 0 Å². The van der Waals surface area contributed by atoms with Gasteiger partial charge in [-0.1, -0.05) is 30.3 Å². The molecular weight excluding hydrogens is 314 g/mol. The van der Waals surface area contributed by atoms with Gasteiger partial charge in [0.1, 0.15) is 0 Å². The summed E-state index contributed by atoms with van der Waals surface area (Å²) in [5.74, 6) is 0.0460. The number of benzene rings is 2. The molecular formula is C20H21N3O2. The van der Waals surface area contributed by atoms with Crippen LogP contribution >= 0.6 is 0 Å². The Morgan fingerprint density at radius 1 is 1.24 bits per heavy atom. The molecule has 5 nitrogen and oxygen atoms in total. The van der Waals surface area contributed by atoms with Crippen molar-refractivity contribution in [3.05, 3.63) is 66.0 Å². The maximum atomic E-state index is 12.9. The molecule has 1 N–H and O–H groups in total. The number of nitrogens with zero attached hydrogens (tertiary/aromatic N) is 2. The van der Waals surface area contributed by atoms with Gasteiger partial charge in [-0.2, -0.15) is 0 Å². The van der Waals surface area contributed by atoms with Gasteiger partial charge in [-0.15, -0.1) is 0 Å². The van der Waals surface area contributed by atoms with Gasteiger partial charge in [0.05, 0.1) is 29.6 Å². The van der Waals surface area contributed by atoms with Crippen LogP contribution in [0.4, 0.5) is 0 Å². The summed E-state index contributed by atoms with van der Waals surface area (Å²) >= 11 is 0. The molecule has 0 aliphatic carbocycles. The zero-order valence-corrected chi connectivity index (χ0v) is 14.2. The first-order valence-electron chi connectivity index (χ1n) is 8.61. The second-order valence-corrected chi connectivity index (χ2v) is 6.60. The molecule has 5 heteroatoms. The van der Waals surface area contributed by atoms with Crippen molar-refractivity contribution in [3.8, 4) is 0 Å². The standard InChI is InChI=1S/C20H21N3O2/c1-14-11-23(12-17(25-14)9-15-5-3-2-4-6-15)20(24)16-7-8-18-19(10-16)22-13-21-18/h2-8,10,13-14,17H,9,11-12H2,1H3,(H,21,22). The van der Waals surface area contributed by atoms with E-state index in [0.717, 1.165) is 17.5 Å². The summed E-state index contributed by atoms with van der Waals surface area (Å²) in [6.07, 6.45) is 2.51. The third-order valence-corrected chi connectivity index (χ3v) is 4.59. The van der Waals surface area contributed by atoms with E-state index >= 15 is 0 Å². The summed E-state index contributed by atoms with van der Waals surface area (Å²) in [6.45, 7) is 3.25. The molecule has 1 amide bonds. The molecule has 2 heterocycles. The smallest absolute Gasteiger partial charge is 0.254 e. The topological polar surface area (TPSA) is 58.2 Å². The number of carbonyl (C=O) groups excluding carboxylic acids is 1. The summed E-state index contributed by atoms with van der Waals surface area (Å²) < 4.78 is 6.05. The number of aromatic nitrogens is 2. The van der Waals surface area contributed by atoms with Crippen LogP contribution in [0.25, 0.3) is 11.0 Å². The largest absolute Gasteiger partial charge is 0.371 e. The van der Waals surface area contributed by atoms with E-state index in [1.54, 1.807) is 6.33 Å². The van der Waals surface area contributed by atoms with E-state index in [1.807, 2.05) is 48.2 Å². The average molecular weight is 335 g/mol. The van der Waals surface area contributed by atoms with E-state index in [-0.39, 0.29) is 18.1 Å². The lowest BCUT2D eigenvalue weighted by atomic mass is 10.0. The highest BCUT2D eigenvalue weighted by Crippen LogP contribution is 2.19. The molecule has 0 bridgehead atoms. The monoisotopic (exact) mass is 335 g/mol. The predicted octanol–water partition coefficient (Wildman–Crippen LogP) is 3.04. The van der Waals surface area contributed by atoms with Gasteiger partial charge in [-0.3, -0.25) is 4.79 Å². The Kier molecular flexibility index (Phi) is 4.24. The van der Waals surface area contributed by atoms with E-state index in [4.69, 9.17) is 4.74 Å². The van der Waals surface area contributed by atoms with Crippen LogP contribution in [0.2, 0.25) is 0 Å². The minimum absolute atomic E-state index is 0.0194. The van der Waals surface area contributed by atoms with Crippen molar-refractivity contribution < 1.29 is 9.53 Å². The average Bonchev–Trinajstić information content (AvgIpc) is 3.09. The summed E-state index contributed by atoms with van der Waals surface area (Å²) in [5, 5.41) is 0. The van der Waals surface area contributed by atoms with Gasteiger partial charge in [0.25, 0.3) is 5.91 Å². The molecule has 2 atom stereocenters. The predicted molar refractivity (Wildman–Crippen MR) is 96.5 cm³/mol. The summed E-state index contributed by atoms with van der Waals surface area (Å²) in [6, 6.07) is 15.9. The van der Waals surface area contributed by atoms with Crippen LogP contribution in [0, 0.1) is 0 Å². The van der Waals surface area contributed by atoms with Crippen LogP contribution in [0.3, 0.4) is 0 Å². The fourth-order valence-electron chi connectivity index (χ4n) is 3.45. The SMILES string of the molecule is CC1CN(C(=O)c2ccc3nc[nH]c3c2)CC(Cc2ccccc2)O1. The lowest BCUT2D eigenvalue weighted by molar-refractivity contribution is -0.0664. The van der Waals surface area contributed by atoms with E-state index in [9.17, 15) is 4.79 Å². The van der Waals surface area contributed by atoms with Crippen molar-refractivity contribution in [2.24, 2.45) is 0 Å². The zero-order valence-electron chi connectivity index (χ0n) is 14.2. The molecule has 0 spiro atoms. The first kappa shape index (κ1) is 15.8. The molecule has 1 aliphatic rings. The number of fused-ring (bicyclic) bond motifs is 1. The fourth-order valence-corrected chi connectivity index (χ4v) is 3.45. The number of amides is 1. The number of aromatic amines is 1. The summed E-state index contributed by atoms with van der Waals surface area (Å²) in [5.41, 5.74) is 3.67. The van der Waals surface area contributed by atoms with Gasteiger partial charge >= 0.3 is 0 Å². The normalized spacial score (nSPS) is 20.8. The molecule has 1 aromatic heterocycles. The Morgan fingerprint density at radius 3 is 2.92 bits per heavy atom. The highest BCUT2D eigenvalue weighted by atomic mass is 16.5. The molecule has 2 aromatic carbocycles. The molecule has 3 aromatic rings. The number of ether oxygens (including phenoxy) is 1. The van der Waals surface area contributed by atoms with Crippen LogP contribution in [0.15, 0.2) is 54.9 Å². The van der Waals surface area contributed by atoms with Gasteiger partial charge in [-0.05, 0) is 30.7 Å². The molecule has 4 rings (SSSR count). The number of carbonyl (C=O) groups is 1. The number of H-pyrrole nitrogens is 1. The maximum absolute atomic E-state index is 12.9. The van der Waals surface area contributed by atoms with Gasteiger partial charge in [0, 0.05) is 25.1 Å². The highest BCUT2D eigenvalue weighted by Gasteiger charge is 2.29. The maximum Gasteiger partial charge on any atom is 0.254 e. The third kappa shape index (κ3) is 3.42. The number of morpholine rings is 1. The number of rotatable bonds is 3. The van der Waals surface area contributed by atoms with Crippen LogP contribution in [0.1, 0.15) is 22.8 Å². The summed E-state index contributed by atoms with van der Waals surface area (Å²) in [7, 11) is 0. The molecule has 1 saturated heterocycles. The van der Waals surface area contributed by atoms with Gasteiger partial charge < -0.3 is 14.6 Å². The number of hydrogen-bond donors (Lipinski definition) is 1. The molecule has 2 unspecified atom stereocenters. The molecule has 1 aliphatic heterocycles. The first-order valence-corrected chi connectivity index (χ1v) is 8.61. The van der Waals surface area contributed by atoms with Crippen molar-refractivity contribution in [2.45, 2.75) is 25.6 Å². The van der Waals surface area contributed by atoms with Crippen molar-refractivity contribution in [1.29, 1.82) is 0 Å². The Balaban J connectivity index is 1.51. The van der Waals surface area contributed by atoms with Gasteiger partial charge in [-0.25, -0.2) is 4.98 Å². The Hall–Kier alpha value is -2.66. The highest BCUT2D eigenvalue weighted by molar-refractivity contribution is 5.97. The van der Waals surface area contributed by atoms with Crippen molar-refractivity contribution in [2.75, 3.05) is 13.1 Å². The van der Waals surface area contributed by atoms with Crippen LogP contribution in [0.5, 0.6) is 0 Å². The van der Waals surface area contributed by atoms with Crippen LogP contribution < -0.4 is 0 Å². The third-order valence-electron chi connectivity index (χ3n) is 4.59. The van der Waals surface area contributed by atoms with E-state index in [2.05, 4.69) is 22.1 Å². The molecule has 1 fully saturated rings. The minimum atomic E-state index is 0.0194. The molecule has 128 valence electrons. The minimum Gasteiger partial charge on any atom is -0.371 e. The van der Waals surface area contributed by atoms with Crippen LogP contribution in [-0.4, -0.2) is 46.1 Å². The quantitative estimate of drug-likeness (QED) is 0.800. The van der Waals surface area contributed by atoms with E-state index in [1.165, 1.54) is 5.56 Å². The molecule has 0 saturated carbocycles. The van der Waals surface area contributed by atoms with Crippen molar-refractivity contribution in [1.82, 2.24) is 14.9 Å². The number of imidazole rings is 1. The second kappa shape index (κ2) is 6.69. The lowest BCUT2D eigenvalue weighted by Gasteiger charge is -2.37. The number of hydrogen-bond acceptors (Lipinski definition) is 3. The first-order chi connectivity index (χ1) is 12.2. The Bertz CT molecular complexity index is 875. The van der Waals surface area contributed by atoms with Gasteiger partial charge in [0.15, 0.2) is 0 Å². The Morgan fingerprint density at radius 2 is 2.08 bits per heavy atom. The number of nitrogens with one attached hydrogen (secondary N) is 1. The zero-order chi connectivity index (χ0) is 17.2. The van der Waals surface area contributed by atoms with Crippen molar-refractivity contribution >= 4 is 16.9 Å². The molecule has 0 radical (unpaired) electrons. The lowest BCUT2D eigenvalue weighted by Crippen LogP contribution is -2.49. The second-order valence-electron chi connectivity index (χ2n) is 6.60. The van der Waals surface area contributed by atoms with E-state index in [0.29, 0.717) is 18.7 Å². The Labute approximate surface area is 146 Å². The van der Waals surface area contributed by atoms with Gasteiger partial charge in [0.2, 0.25) is 0 Å². The molecule has 25 heavy (non-hydrogen) atoms. The van der Waals surface area contributed by atoms with Crippen molar-refractivity contribution in [3.63, 3.8) is 0 Å². The fraction of sp³-hybridized carbons (Fsp3) is 0.300. The summed E-state index contributed by atoms with van der Waals surface area (Å²) in [4.78, 5) is 22.1. The van der Waals surface area contributed by atoms with Crippen LogP contribution in [-0.2, 0) is 11.2 Å².